The maximum absolute atomic E-state index is 13.3. The predicted molar refractivity (Wildman–Crippen MR) is 104 cm³/mol. The molecule has 0 aliphatic heterocycles. The SMILES string of the molecule is C[C@H](OC(=O)c1cc(F)cc(F)c1)C(=O)NC(c1ccccc1)c1ccccc1. The number of amides is 1. The maximum Gasteiger partial charge on any atom is 0.339 e. The number of benzene rings is 3. The van der Waals surface area contributed by atoms with E-state index in [0.717, 1.165) is 23.3 Å². The molecule has 0 bridgehead atoms. The molecule has 29 heavy (non-hydrogen) atoms. The molecule has 0 spiro atoms. The fourth-order valence-electron chi connectivity index (χ4n) is 2.86. The summed E-state index contributed by atoms with van der Waals surface area (Å²) in [5.74, 6) is -3.32. The highest BCUT2D eigenvalue weighted by atomic mass is 19.1. The van der Waals surface area contributed by atoms with Crippen LogP contribution in [0.3, 0.4) is 0 Å². The monoisotopic (exact) mass is 395 g/mol. The minimum atomic E-state index is -1.16. The summed E-state index contributed by atoms with van der Waals surface area (Å²) in [5.41, 5.74) is 1.42. The normalized spacial score (nSPS) is 11.7. The lowest BCUT2D eigenvalue weighted by Gasteiger charge is -2.22. The molecule has 4 nitrogen and oxygen atoms in total. The minimum absolute atomic E-state index is 0.301. The lowest BCUT2D eigenvalue weighted by Crippen LogP contribution is -2.38. The Hall–Kier alpha value is -3.54. The molecule has 0 fully saturated rings. The number of hydrogen-bond donors (Lipinski definition) is 1. The third-order valence-corrected chi connectivity index (χ3v) is 4.30. The van der Waals surface area contributed by atoms with E-state index in [1.807, 2.05) is 60.7 Å². The first-order chi connectivity index (χ1) is 13.9. The number of ether oxygens (including phenoxy) is 1. The van der Waals surface area contributed by atoms with Gasteiger partial charge in [-0.2, -0.15) is 0 Å². The molecule has 1 atom stereocenters. The highest BCUT2D eigenvalue weighted by Crippen LogP contribution is 2.22. The molecule has 0 radical (unpaired) electrons. The number of nitrogens with one attached hydrogen (secondary N) is 1. The molecule has 3 rings (SSSR count). The first-order valence-electron chi connectivity index (χ1n) is 9.01. The first kappa shape index (κ1) is 20.2. The average Bonchev–Trinajstić information content (AvgIpc) is 2.72. The van der Waals surface area contributed by atoms with Gasteiger partial charge in [0.25, 0.3) is 5.91 Å². The Labute approximate surface area is 167 Å². The van der Waals surface area contributed by atoms with E-state index < -0.39 is 35.7 Å². The molecule has 0 aliphatic carbocycles. The van der Waals surface area contributed by atoms with Crippen molar-refractivity contribution in [3.8, 4) is 0 Å². The molecule has 0 saturated heterocycles. The number of hydrogen-bond acceptors (Lipinski definition) is 3. The van der Waals surface area contributed by atoms with Gasteiger partial charge in [0.15, 0.2) is 6.10 Å². The van der Waals surface area contributed by atoms with E-state index in [0.29, 0.717) is 6.07 Å². The van der Waals surface area contributed by atoms with Crippen molar-refractivity contribution in [2.24, 2.45) is 0 Å². The van der Waals surface area contributed by atoms with Gasteiger partial charge >= 0.3 is 5.97 Å². The van der Waals surface area contributed by atoms with E-state index in [4.69, 9.17) is 4.74 Å². The summed E-state index contributed by atoms with van der Waals surface area (Å²) >= 11 is 0. The van der Waals surface area contributed by atoms with Crippen LogP contribution in [-0.4, -0.2) is 18.0 Å². The van der Waals surface area contributed by atoms with E-state index in [9.17, 15) is 18.4 Å². The highest BCUT2D eigenvalue weighted by Gasteiger charge is 2.24. The molecule has 3 aromatic carbocycles. The van der Waals surface area contributed by atoms with Crippen molar-refractivity contribution in [3.05, 3.63) is 107 Å². The molecule has 1 N–H and O–H groups in total. The highest BCUT2D eigenvalue weighted by molar-refractivity contribution is 5.92. The Balaban J connectivity index is 1.74. The van der Waals surface area contributed by atoms with E-state index in [2.05, 4.69) is 5.32 Å². The number of carbonyl (C=O) groups excluding carboxylic acids is 2. The van der Waals surface area contributed by atoms with Crippen LogP contribution >= 0.6 is 0 Å². The van der Waals surface area contributed by atoms with E-state index in [1.54, 1.807) is 0 Å². The second kappa shape index (κ2) is 9.10. The van der Waals surface area contributed by atoms with Crippen LogP contribution in [0.1, 0.15) is 34.5 Å². The third-order valence-electron chi connectivity index (χ3n) is 4.30. The van der Waals surface area contributed by atoms with Crippen molar-refractivity contribution in [2.45, 2.75) is 19.1 Å². The van der Waals surface area contributed by atoms with Crippen molar-refractivity contribution in [1.29, 1.82) is 0 Å². The van der Waals surface area contributed by atoms with Crippen LogP contribution in [0.15, 0.2) is 78.9 Å². The summed E-state index contributed by atoms with van der Waals surface area (Å²) in [6, 6.07) is 20.6. The van der Waals surface area contributed by atoms with Crippen LogP contribution in [0, 0.1) is 11.6 Å². The van der Waals surface area contributed by atoms with Crippen molar-refractivity contribution in [1.82, 2.24) is 5.32 Å². The molecule has 0 saturated carbocycles. The second-order valence-corrected chi connectivity index (χ2v) is 6.47. The van der Waals surface area contributed by atoms with Gasteiger partial charge in [0.2, 0.25) is 0 Å². The average molecular weight is 395 g/mol. The molecular weight excluding hydrogens is 376 g/mol. The van der Waals surface area contributed by atoms with Crippen LogP contribution in [-0.2, 0) is 9.53 Å². The molecule has 6 heteroatoms. The van der Waals surface area contributed by atoms with Gasteiger partial charge in [-0.25, -0.2) is 13.6 Å². The zero-order valence-corrected chi connectivity index (χ0v) is 15.6. The van der Waals surface area contributed by atoms with Crippen molar-refractivity contribution >= 4 is 11.9 Å². The Morgan fingerprint density at radius 2 is 1.31 bits per heavy atom. The van der Waals surface area contributed by atoms with Crippen LogP contribution in [0.4, 0.5) is 8.78 Å². The number of carbonyl (C=O) groups is 2. The number of esters is 1. The zero-order valence-electron chi connectivity index (χ0n) is 15.6. The van der Waals surface area contributed by atoms with Crippen molar-refractivity contribution in [3.63, 3.8) is 0 Å². The van der Waals surface area contributed by atoms with Gasteiger partial charge in [0, 0.05) is 6.07 Å². The molecule has 0 heterocycles. The van der Waals surface area contributed by atoms with E-state index >= 15 is 0 Å². The largest absolute Gasteiger partial charge is 0.449 e. The second-order valence-electron chi connectivity index (χ2n) is 6.47. The Kier molecular flexibility index (Phi) is 6.34. The Morgan fingerprint density at radius 1 is 0.828 bits per heavy atom. The van der Waals surface area contributed by atoms with Crippen LogP contribution < -0.4 is 5.32 Å². The lowest BCUT2D eigenvalue weighted by atomic mass is 9.98. The maximum atomic E-state index is 13.3. The Morgan fingerprint density at radius 3 is 1.79 bits per heavy atom. The van der Waals surface area contributed by atoms with E-state index in [-0.39, 0.29) is 5.56 Å². The predicted octanol–water partition coefficient (Wildman–Crippen LogP) is 4.42. The summed E-state index contributed by atoms with van der Waals surface area (Å²) in [6.45, 7) is 1.40. The minimum Gasteiger partial charge on any atom is -0.449 e. The summed E-state index contributed by atoms with van der Waals surface area (Å²) in [6.07, 6.45) is -1.16. The van der Waals surface area contributed by atoms with E-state index in [1.165, 1.54) is 6.92 Å². The van der Waals surface area contributed by atoms with Gasteiger partial charge in [0.05, 0.1) is 11.6 Å². The molecule has 1 amide bonds. The summed E-state index contributed by atoms with van der Waals surface area (Å²) in [4.78, 5) is 24.8. The standard InChI is InChI=1S/C23H19F2NO3/c1-15(29-23(28)18-12-19(24)14-20(25)13-18)22(27)26-21(16-8-4-2-5-9-16)17-10-6-3-7-11-17/h2-15,21H,1H3,(H,26,27)/t15-/m0/s1. The summed E-state index contributed by atoms with van der Waals surface area (Å²) in [7, 11) is 0. The van der Waals surface area contributed by atoms with Gasteiger partial charge in [-0.1, -0.05) is 60.7 Å². The van der Waals surface area contributed by atoms with Crippen LogP contribution in [0.2, 0.25) is 0 Å². The first-order valence-corrected chi connectivity index (χ1v) is 9.01. The topological polar surface area (TPSA) is 55.4 Å². The van der Waals surface area contributed by atoms with Gasteiger partial charge in [-0.05, 0) is 30.2 Å². The summed E-state index contributed by atoms with van der Waals surface area (Å²) in [5, 5.41) is 2.86. The molecule has 3 aromatic rings. The number of rotatable bonds is 6. The van der Waals surface area contributed by atoms with Gasteiger partial charge in [-0.3, -0.25) is 4.79 Å². The van der Waals surface area contributed by atoms with Crippen LogP contribution in [0.25, 0.3) is 0 Å². The number of halogens is 2. The quantitative estimate of drug-likeness (QED) is 0.629. The van der Waals surface area contributed by atoms with Crippen LogP contribution in [0.5, 0.6) is 0 Å². The fourth-order valence-corrected chi connectivity index (χ4v) is 2.86. The summed E-state index contributed by atoms with van der Waals surface area (Å²) < 4.78 is 31.7. The fraction of sp³-hybridized carbons (Fsp3) is 0.130. The third kappa shape index (κ3) is 5.25. The smallest absolute Gasteiger partial charge is 0.339 e. The molecular formula is C23H19F2NO3. The van der Waals surface area contributed by atoms with Gasteiger partial charge in [-0.15, -0.1) is 0 Å². The molecule has 0 unspecified atom stereocenters. The van der Waals surface area contributed by atoms with Gasteiger partial charge in [0.1, 0.15) is 11.6 Å². The molecule has 148 valence electrons. The Bertz CT molecular complexity index is 934. The molecule has 0 aliphatic rings. The molecule has 0 aromatic heterocycles. The zero-order chi connectivity index (χ0) is 20.8. The lowest BCUT2D eigenvalue weighted by molar-refractivity contribution is -0.129. The van der Waals surface area contributed by atoms with Crippen molar-refractivity contribution < 1.29 is 23.1 Å². The van der Waals surface area contributed by atoms with Crippen molar-refractivity contribution in [2.75, 3.05) is 0 Å². The van der Waals surface area contributed by atoms with Gasteiger partial charge < -0.3 is 10.1 Å².